The van der Waals surface area contributed by atoms with Gasteiger partial charge in [0.1, 0.15) is 5.82 Å². The van der Waals surface area contributed by atoms with Crippen LogP contribution in [-0.2, 0) is 6.54 Å². The second-order valence-corrected chi connectivity index (χ2v) is 5.61. The molecule has 1 aromatic heterocycles. The fourth-order valence-corrected chi connectivity index (χ4v) is 3.19. The first-order valence-corrected chi connectivity index (χ1v) is 7.67. The first kappa shape index (κ1) is 14.5. The molecule has 19 heavy (non-hydrogen) atoms. The number of piperidine rings is 1. The fourth-order valence-electron chi connectivity index (χ4n) is 3.19. The number of likely N-dealkylation sites (N-methyl/N-ethyl adjacent to an activating group) is 1. The third-order valence-corrected chi connectivity index (χ3v) is 4.32. The fraction of sp³-hybridized carbons (Fsp3) is 0.800. The van der Waals surface area contributed by atoms with Crippen LogP contribution in [0.2, 0.25) is 0 Å². The van der Waals surface area contributed by atoms with Crippen molar-refractivity contribution in [1.29, 1.82) is 0 Å². The highest BCUT2D eigenvalue weighted by Crippen LogP contribution is 2.19. The quantitative estimate of drug-likeness (QED) is 0.853. The maximum Gasteiger partial charge on any atom is 0.105 e. The lowest BCUT2D eigenvalue weighted by Gasteiger charge is -2.39. The molecule has 0 aliphatic carbocycles. The van der Waals surface area contributed by atoms with Crippen molar-refractivity contribution in [2.24, 2.45) is 0 Å². The van der Waals surface area contributed by atoms with E-state index in [1.807, 2.05) is 6.20 Å². The van der Waals surface area contributed by atoms with E-state index < -0.39 is 0 Å². The molecule has 2 unspecified atom stereocenters. The average molecular weight is 264 g/mol. The minimum atomic E-state index is 0.592. The Morgan fingerprint density at radius 2 is 2.26 bits per heavy atom. The molecule has 0 saturated carbocycles. The summed E-state index contributed by atoms with van der Waals surface area (Å²) in [7, 11) is 0. The molecule has 1 N–H and O–H groups in total. The van der Waals surface area contributed by atoms with Crippen LogP contribution in [0.5, 0.6) is 0 Å². The smallest absolute Gasteiger partial charge is 0.105 e. The number of rotatable bonds is 6. The van der Waals surface area contributed by atoms with Gasteiger partial charge in [0.2, 0.25) is 0 Å². The van der Waals surface area contributed by atoms with Gasteiger partial charge in [-0.2, -0.15) is 0 Å². The summed E-state index contributed by atoms with van der Waals surface area (Å²) in [4.78, 5) is 6.96. The van der Waals surface area contributed by atoms with Crippen LogP contribution < -0.4 is 5.32 Å². The summed E-state index contributed by atoms with van der Waals surface area (Å²) in [6.07, 6.45) is 8.03. The molecule has 4 nitrogen and oxygen atoms in total. The molecule has 1 fully saturated rings. The molecule has 1 aliphatic heterocycles. The van der Waals surface area contributed by atoms with Gasteiger partial charge in [0.05, 0.1) is 0 Å². The molecule has 0 bridgehead atoms. The Labute approximate surface area is 117 Å². The van der Waals surface area contributed by atoms with E-state index in [9.17, 15) is 0 Å². The summed E-state index contributed by atoms with van der Waals surface area (Å²) in [5.74, 6) is 1.12. The zero-order valence-electron chi connectivity index (χ0n) is 12.6. The zero-order valence-corrected chi connectivity index (χ0v) is 12.6. The van der Waals surface area contributed by atoms with Gasteiger partial charge >= 0.3 is 0 Å². The summed E-state index contributed by atoms with van der Waals surface area (Å²) in [6, 6.07) is 1.28. The minimum Gasteiger partial charge on any atom is -0.334 e. The summed E-state index contributed by atoms with van der Waals surface area (Å²) < 4.78 is 2.25. The lowest BCUT2D eigenvalue weighted by molar-refractivity contribution is 0.115. The highest BCUT2D eigenvalue weighted by Gasteiger charge is 2.26. The third kappa shape index (κ3) is 3.80. The van der Waals surface area contributed by atoms with Gasteiger partial charge in [0.25, 0.3) is 0 Å². The van der Waals surface area contributed by atoms with Crippen molar-refractivity contribution in [3.63, 3.8) is 0 Å². The number of hydrogen-bond donors (Lipinski definition) is 1. The molecular weight excluding hydrogens is 236 g/mol. The summed E-state index contributed by atoms with van der Waals surface area (Å²) in [5.41, 5.74) is 0. The van der Waals surface area contributed by atoms with Crippen LogP contribution in [0.4, 0.5) is 0 Å². The van der Waals surface area contributed by atoms with Crippen molar-refractivity contribution in [2.45, 2.75) is 58.7 Å². The number of nitrogens with one attached hydrogen (secondary N) is 1. The molecule has 1 saturated heterocycles. The van der Waals surface area contributed by atoms with Gasteiger partial charge in [-0.25, -0.2) is 4.98 Å². The standard InChI is InChI=1S/C15H28N4/c1-4-16-13(2)15-7-5-6-9-19(15)12-11-18-10-8-17-14(18)3/h8,10,13,15-16H,4-7,9,11-12H2,1-3H3. The molecule has 1 aromatic rings. The van der Waals surface area contributed by atoms with Crippen molar-refractivity contribution in [3.05, 3.63) is 18.2 Å². The second-order valence-electron chi connectivity index (χ2n) is 5.61. The predicted octanol–water partition coefficient (Wildman–Crippen LogP) is 2.04. The van der Waals surface area contributed by atoms with Gasteiger partial charge in [-0.05, 0) is 39.8 Å². The first-order valence-electron chi connectivity index (χ1n) is 7.67. The number of nitrogens with zero attached hydrogens (tertiary/aromatic N) is 3. The molecule has 0 spiro atoms. The van der Waals surface area contributed by atoms with E-state index in [-0.39, 0.29) is 0 Å². The Hall–Kier alpha value is -0.870. The number of likely N-dealkylation sites (tertiary alicyclic amines) is 1. The highest BCUT2D eigenvalue weighted by molar-refractivity contribution is 4.90. The Morgan fingerprint density at radius 3 is 2.95 bits per heavy atom. The molecule has 0 radical (unpaired) electrons. The van der Waals surface area contributed by atoms with E-state index in [1.54, 1.807) is 0 Å². The van der Waals surface area contributed by atoms with E-state index in [0.717, 1.165) is 25.5 Å². The Balaban J connectivity index is 1.90. The van der Waals surface area contributed by atoms with E-state index in [0.29, 0.717) is 12.1 Å². The van der Waals surface area contributed by atoms with Gasteiger partial charge in [0, 0.05) is 37.6 Å². The average Bonchev–Trinajstić information content (AvgIpc) is 2.82. The van der Waals surface area contributed by atoms with Gasteiger partial charge in [0.15, 0.2) is 0 Å². The Kier molecular flexibility index (Phi) is 5.40. The van der Waals surface area contributed by atoms with Crippen LogP contribution >= 0.6 is 0 Å². The van der Waals surface area contributed by atoms with Crippen LogP contribution in [0, 0.1) is 6.92 Å². The van der Waals surface area contributed by atoms with E-state index in [2.05, 4.69) is 46.7 Å². The van der Waals surface area contributed by atoms with Crippen LogP contribution in [-0.4, -0.2) is 46.2 Å². The topological polar surface area (TPSA) is 33.1 Å². The predicted molar refractivity (Wildman–Crippen MR) is 79.3 cm³/mol. The maximum absolute atomic E-state index is 4.30. The van der Waals surface area contributed by atoms with Crippen LogP contribution in [0.3, 0.4) is 0 Å². The molecular formula is C15H28N4. The number of imidazole rings is 1. The second kappa shape index (κ2) is 7.06. The molecule has 2 rings (SSSR count). The number of aromatic nitrogens is 2. The highest BCUT2D eigenvalue weighted by atomic mass is 15.2. The van der Waals surface area contributed by atoms with Gasteiger partial charge in [-0.15, -0.1) is 0 Å². The molecule has 1 aliphatic rings. The summed E-state index contributed by atoms with van der Waals surface area (Å²) >= 11 is 0. The minimum absolute atomic E-state index is 0.592. The van der Waals surface area contributed by atoms with Crippen molar-refractivity contribution in [1.82, 2.24) is 19.8 Å². The van der Waals surface area contributed by atoms with Gasteiger partial charge in [-0.1, -0.05) is 13.3 Å². The normalized spacial score (nSPS) is 22.6. The number of aryl methyl sites for hydroxylation is 1. The van der Waals surface area contributed by atoms with Crippen LogP contribution in [0.1, 0.15) is 38.9 Å². The van der Waals surface area contributed by atoms with E-state index in [1.165, 1.54) is 25.8 Å². The van der Waals surface area contributed by atoms with Crippen molar-refractivity contribution < 1.29 is 0 Å². The lowest BCUT2D eigenvalue weighted by Crippen LogP contribution is -2.51. The lowest BCUT2D eigenvalue weighted by atomic mass is 9.96. The van der Waals surface area contributed by atoms with Crippen molar-refractivity contribution in [2.75, 3.05) is 19.6 Å². The van der Waals surface area contributed by atoms with Gasteiger partial charge in [-0.3, -0.25) is 4.90 Å². The summed E-state index contributed by atoms with van der Waals surface area (Å²) in [5, 5.41) is 3.59. The number of hydrogen-bond acceptors (Lipinski definition) is 3. The Morgan fingerprint density at radius 1 is 1.42 bits per heavy atom. The van der Waals surface area contributed by atoms with E-state index >= 15 is 0 Å². The van der Waals surface area contributed by atoms with Crippen LogP contribution in [0.25, 0.3) is 0 Å². The van der Waals surface area contributed by atoms with Crippen molar-refractivity contribution in [3.8, 4) is 0 Å². The zero-order chi connectivity index (χ0) is 13.7. The summed E-state index contributed by atoms with van der Waals surface area (Å²) in [6.45, 7) is 11.1. The van der Waals surface area contributed by atoms with Gasteiger partial charge < -0.3 is 9.88 Å². The Bertz CT molecular complexity index is 374. The monoisotopic (exact) mass is 264 g/mol. The third-order valence-electron chi connectivity index (χ3n) is 4.32. The SMILES string of the molecule is CCNC(C)C1CCCCN1CCn1ccnc1C. The molecule has 0 aromatic carbocycles. The van der Waals surface area contributed by atoms with E-state index in [4.69, 9.17) is 0 Å². The maximum atomic E-state index is 4.30. The largest absolute Gasteiger partial charge is 0.334 e. The van der Waals surface area contributed by atoms with Crippen molar-refractivity contribution >= 4 is 0 Å². The van der Waals surface area contributed by atoms with Crippen LogP contribution in [0.15, 0.2) is 12.4 Å². The molecule has 2 atom stereocenters. The molecule has 108 valence electrons. The molecule has 0 amide bonds. The first-order chi connectivity index (χ1) is 9.22. The molecule has 2 heterocycles. The molecule has 4 heteroatoms.